The van der Waals surface area contributed by atoms with Gasteiger partial charge in [-0.2, -0.15) is 0 Å². The van der Waals surface area contributed by atoms with E-state index in [0.717, 1.165) is 17.9 Å². The van der Waals surface area contributed by atoms with E-state index in [4.69, 9.17) is 0 Å². The zero-order valence-corrected chi connectivity index (χ0v) is 26.5. The van der Waals surface area contributed by atoms with E-state index < -0.39 is 0 Å². The van der Waals surface area contributed by atoms with Crippen LogP contribution in [0.1, 0.15) is 29.2 Å². The second kappa shape index (κ2) is 12.8. The second-order valence-corrected chi connectivity index (χ2v) is 11.6. The third-order valence-electron chi connectivity index (χ3n) is 9.27. The Morgan fingerprint density at radius 2 is 1.00 bits per heavy atom. The lowest BCUT2D eigenvalue weighted by atomic mass is 9.64. The van der Waals surface area contributed by atoms with Gasteiger partial charge in [-0.05, 0) is 88.8 Å². The maximum atomic E-state index is 4.00. The number of hydrogen-bond donors (Lipinski definition) is 0. The first-order chi connectivity index (χ1) is 23.3. The third kappa shape index (κ3) is 4.76. The van der Waals surface area contributed by atoms with E-state index >= 15 is 0 Å². The molecule has 2 nitrogen and oxygen atoms in total. The van der Waals surface area contributed by atoms with Crippen molar-refractivity contribution in [3.05, 3.63) is 198 Å². The molecule has 0 saturated carbocycles. The first kappa shape index (κ1) is 29.7. The molecule has 2 heteroatoms. The quantitative estimate of drug-likeness (QED) is 0.138. The lowest BCUT2D eigenvalue weighted by Gasteiger charge is -2.45. The fourth-order valence-electron chi connectivity index (χ4n) is 7.45. The molecule has 226 valence electrons. The van der Waals surface area contributed by atoms with E-state index in [0.29, 0.717) is 0 Å². The van der Waals surface area contributed by atoms with Crippen LogP contribution in [0.25, 0.3) is 11.1 Å². The minimum atomic E-state index is -0.389. The van der Waals surface area contributed by atoms with Crippen molar-refractivity contribution < 1.29 is 0 Å². The summed E-state index contributed by atoms with van der Waals surface area (Å²) >= 11 is 0. The zero-order valence-electron chi connectivity index (χ0n) is 26.5. The largest absolute Gasteiger partial charge is 0.338 e. The number of rotatable bonds is 6. The molecule has 0 N–H and O–H groups in total. The van der Waals surface area contributed by atoms with Gasteiger partial charge in [-0.25, -0.2) is 0 Å². The monoisotopic (exact) mass is 604 g/mol. The molecular formula is C45H36N2. The summed E-state index contributed by atoms with van der Waals surface area (Å²) in [5.74, 6) is 0. The molecule has 0 atom stereocenters. The van der Waals surface area contributed by atoms with Gasteiger partial charge in [-0.3, -0.25) is 0 Å². The Kier molecular flexibility index (Phi) is 8.05. The Bertz CT molecular complexity index is 2010. The summed E-state index contributed by atoms with van der Waals surface area (Å²) in [6.07, 6.45) is 16.4. The smallest absolute Gasteiger partial charge is 0.0754 e. The molecule has 47 heavy (non-hydrogen) atoms. The Labute approximate surface area is 278 Å². The van der Waals surface area contributed by atoms with Crippen LogP contribution in [0, 0.1) is 12.8 Å². The Morgan fingerprint density at radius 3 is 1.55 bits per heavy atom. The molecule has 1 aliphatic heterocycles. The number of para-hydroxylation sites is 3. The Hall–Kier alpha value is -6.04. The molecule has 0 radical (unpaired) electrons. The van der Waals surface area contributed by atoms with Crippen molar-refractivity contribution in [2.24, 2.45) is 0 Å². The number of benzene rings is 6. The van der Waals surface area contributed by atoms with Gasteiger partial charge in [-0.15, -0.1) is 12.8 Å². The normalized spacial score (nSPS) is 13.4. The minimum absolute atomic E-state index is 0.389. The molecular weight excluding hydrogens is 569 g/mol. The van der Waals surface area contributed by atoms with Crippen molar-refractivity contribution in [3.63, 3.8) is 0 Å². The van der Waals surface area contributed by atoms with Crippen LogP contribution in [0.5, 0.6) is 0 Å². The van der Waals surface area contributed by atoms with Crippen LogP contribution in [-0.2, 0) is 5.41 Å². The lowest BCUT2D eigenvalue weighted by Crippen LogP contribution is -2.36. The number of hydrogen-bond acceptors (Lipinski definition) is 2. The van der Waals surface area contributed by atoms with Crippen LogP contribution < -0.4 is 9.80 Å². The molecule has 1 heterocycles. The molecule has 2 aliphatic rings. The summed E-state index contributed by atoms with van der Waals surface area (Å²) in [7, 11) is 0. The van der Waals surface area contributed by atoms with E-state index in [2.05, 4.69) is 199 Å². The van der Waals surface area contributed by atoms with Gasteiger partial charge in [0.2, 0.25) is 0 Å². The predicted octanol–water partition coefficient (Wildman–Crippen LogP) is 11.4. The summed E-state index contributed by atoms with van der Waals surface area (Å²) in [6.45, 7) is 2.82. The van der Waals surface area contributed by atoms with Crippen LogP contribution in [0.15, 0.2) is 176 Å². The second-order valence-electron chi connectivity index (χ2n) is 11.6. The molecule has 8 rings (SSSR count). The highest BCUT2D eigenvalue weighted by molar-refractivity contribution is 5.95. The molecule has 1 spiro atoms. The first-order valence-corrected chi connectivity index (χ1v) is 16.0. The Balaban J connectivity index is 0.00000172. The topological polar surface area (TPSA) is 6.48 Å². The maximum absolute atomic E-state index is 4.00. The van der Waals surface area contributed by atoms with Crippen molar-refractivity contribution in [2.45, 2.75) is 12.3 Å². The average molecular weight is 605 g/mol. The van der Waals surface area contributed by atoms with Gasteiger partial charge in [0.1, 0.15) is 0 Å². The standard InChI is InChI=1S/C43H34N2.C2H2/c1-2-3-4-16-31-44(32-17-6-5-7-18-32)33-27-29-34(30-28-33)45-41-25-14-12-23-39(41)43(40-24-13-15-26-42(40)45)37-21-10-8-19-35(37)36-20-9-11-22-38(36)43;1-2/h2-30H,31H2,1H3;1-2H/b3-2-,16-4-;. The molecule has 0 amide bonds. The molecule has 6 aromatic carbocycles. The van der Waals surface area contributed by atoms with Crippen LogP contribution in [-0.4, -0.2) is 6.54 Å². The van der Waals surface area contributed by atoms with Crippen molar-refractivity contribution in [3.8, 4) is 24.0 Å². The van der Waals surface area contributed by atoms with E-state index in [-0.39, 0.29) is 5.41 Å². The van der Waals surface area contributed by atoms with Crippen LogP contribution >= 0.6 is 0 Å². The van der Waals surface area contributed by atoms with E-state index in [1.54, 1.807) is 0 Å². The number of terminal acetylenes is 1. The van der Waals surface area contributed by atoms with Crippen LogP contribution in [0.3, 0.4) is 0 Å². The summed E-state index contributed by atoms with van der Waals surface area (Å²) in [5.41, 5.74) is 13.5. The molecule has 1 aliphatic carbocycles. The zero-order chi connectivity index (χ0) is 32.2. The molecule has 6 aromatic rings. The minimum Gasteiger partial charge on any atom is -0.338 e. The molecule has 0 saturated heterocycles. The van der Waals surface area contributed by atoms with Crippen molar-refractivity contribution in [2.75, 3.05) is 16.3 Å². The van der Waals surface area contributed by atoms with Gasteiger partial charge in [0, 0.05) is 23.6 Å². The number of allylic oxidation sites excluding steroid dienone is 3. The number of fused-ring (bicyclic) bond motifs is 9. The molecule has 0 aromatic heterocycles. The van der Waals surface area contributed by atoms with Crippen molar-refractivity contribution in [1.82, 2.24) is 0 Å². The SMILES string of the molecule is C#C.C/C=C\C=C/CN(c1ccccc1)c1ccc(N2c3ccccc3C3(c4ccccc4-c4ccccc43)c3ccccc32)cc1. The average Bonchev–Trinajstić information content (AvgIpc) is 3.44. The third-order valence-corrected chi connectivity index (χ3v) is 9.27. The van der Waals surface area contributed by atoms with Gasteiger partial charge in [-0.1, -0.05) is 127 Å². The molecule has 0 fully saturated rings. The highest BCUT2D eigenvalue weighted by Gasteiger charge is 2.51. The number of nitrogens with zero attached hydrogens (tertiary/aromatic N) is 2. The molecule has 0 unspecified atom stereocenters. The lowest BCUT2D eigenvalue weighted by molar-refractivity contribution is 0.752. The summed E-state index contributed by atoms with van der Waals surface area (Å²) in [4.78, 5) is 4.80. The first-order valence-electron chi connectivity index (χ1n) is 16.0. The van der Waals surface area contributed by atoms with Gasteiger partial charge >= 0.3 is 0 Å². The summed E-state index contributed by atoms with van der Waals surface area (Å²) in [5, 5.41) is 0. The van der Waals surface area contributed by atoms with Gasteiger partial charge in [0.15, 0.2) is 0 Å². The Morgan fingerprint density at radius 1 is 0.532 bits per heavy atom. The fraction of sp³-hybridized carbons (Fsp3) is 0.0667. The summed E-state index contributed by atoms with van der Waals surface area (Å²) in [6, 6.07) is 55.5. The van der Waals surface area contributed by atoms with Gasteiger partial charge in [0.05, 0.1) is 16.8 Å². The van der Waals surface area contributed by atoms with Gasteiger partial charge < -0.3 is 9.80 Å². The van der Waals surface area contributed by atoms with Crippen LogP contribution in [0.4, 0.5) is 28.4 Å². The van der Waals surface area contributed by atoms with E-state index in [1.807, 2.05) is 6.92 Å². The van der Waals surface area contributed by atoms with Crippen molar-refractivity contribution >= 4 is 28.4 Å². The van der Waals surface area contributed by atoms with Gasteiger partial charge in [0.25, 0.3) is 0 Å². The predicted molar refractivity (Wildman–Crippen MR) is 199 cm³/mol. The summed E-state index contributed by atoms with van der Waals surface area (Å²) < 4.78 is 0. The molecule has 0 bridgehead atoms. The maximum Gasteiger partial charge on any atom is 0.0754 e. The highest BCUT2D eigenvalue weighted by atomic mass is 15.2. The highest BCUT2D eigenvalue weighted by Crippen LogP contribution is 2.63. The number of anilines is 5. The van der Waals surface area contributed by atoms with E-state index in [9.17, 15) is 0 Å². The fourth-order valence-corrected chi connectivity index (χ4v) is 7.45. The van der Waals surface area contributed by atoms with Crippen LogP contribution in [0.2, 0.25) is 0 Å². The van der Waals surface area contributed by atoms with E-state index in [1.165, 1.54) is 50.4 Å². The van der Waals surface area contributed by atoms with Crippen molar-refractivity contribution in [1.29, 1.82) is 0 Å².